The van der Waals surface area contributed by atoms with Crippen molar-refractivity contribution in [2.75, 3.05) is 0 Å². The van der Waals surface area contributed by atoms with Crippen LogP contribution in [0.5, 0.6) is 0 Å². The fourth-order valence-electron chi connectivity index (χ4n) is 1.66. The topological polar surface area (TPSA) is 62.7 Å². The van der Waals surface area contributed by atoms with Gasteiger partial charge in [-0.25, -0.2) is 4.39 Å². The number of hydrogen-bond donors (Lipinski definition) is 0. The first-order chi connectivity index (χ1) is 8.69. The molecule has 18 heavy (non-hydrogen) atoms. The quantitative estimate of drug-likeness (QED) is 0.777. The molecule has 0 aliphatic rings. The van der Waals surface area contributed by atoms with Gasteiger partial charge < -0.3 is 4.52 Å². The highest BCUT2D eigenvalue weighted by Crippen LogP contribution is 2.19. The van der Waals surface area contributed by atoms with E-state index in [1.807, 2.05) is 0 Å². The summed E-state index contributed by atoms with van der Waals surface area (Å²) in [5.74, 6) is 0.535. The molecular weight excluding hydrogens is 233 g/mol. The fourth-order valence-corrected chi connectivity index (χ4v) is 1.66. The van der Waals surface area contributed by atoms with Crippen molar-refractivity contribution in [3.05, 3.63) is 35.5 Å². The normalized spacial score (nSPS) is 10.3. The zero-order valence-corrected chi connectivity index (χ0v) is 9.98. The van der Waals surface area contributed by atoms with Crippen molar-refractivity contribution in [1.29, 1.82) is 5.26 Å². The molecule has 0 aliphatic heterocycles. The second-order valence-electron chi connectivity index (χ2n) is 4.04. The van der Waals surface area contributed by atoms with Crippen LogP contribution >= 0.6 is 0 Å². The molecule has 1 aromatic heterocycles. The maximum atomic E-state index is 13.2. The zero-order chi connectivity index (χ0) is 13.0. The Hall–Kier alpha value is -2.22. The Morgan fingerprint density at radius 2 is 2.22 bits per heavy atom. The zero-order valence-electron chi connectivity index (χ0n) is 9.98. The molecule has 0 amide bonds. The summed E-state index contributed by atoms with van der Waals surface area (Å²) in [6.07, 6.45) is 1.70. The third-order valence-electron chi connectivity index (χ3n) is 2.45. The van der Waals surface area contributed by atoms with Gasteiger partial charge in [-0.15, -0.1) is 0 Å². The summed E-state index contributed by atoms with van der Waals surface area (Å²) < 4.78 is 18.3. The lowest BCUT2D eigenvalue weighted by atomic mass is 10.1. The van der Waals surface area contributed by atoms with Gasteiger partial charge in [0, 0.05) is 18.4 Å². The molecule has 0 fully saturated rings. The highest BCUT2D eigenvalue weighted by atomic mass is 19.1. The van der Waals surface area contributed by atoms with E-state index in [4.69, 9.17) is 9.78 Å². The van der Waals surface area contributed by atoms with E-state index >= 15 is 0 Å². The number of halogens is 1. The Morgan fingerprint density at radius 1 is 1.39 bits per heavy atom. The van der Waals surface area contributed by atoms with E-state index in [-0.39, 0.29) is 5.82 Å². The van der Waals surface area contributed by atoms with Gasteiger partial charge in [-0.2, -0.15) is 10.2 Å². The lowest BCUT2D eigenvalue weighted by molar-refractivity contribution is 0.376. The average Bonchev–Trinajstić information content (AvgIpc) is 2.77. The van der Waals surface area contributed by atoms with Gasteiger partial charge in [0.15, 0.2) is 0 Å². The molecule has 0 N–H and O–H groups in total. The number of nitrogens with zero attached hydrogens (tertiary/aromatic N) is 3. The second kappa shape index (κ2) is 5.41. The molecule has 0 aliphatic carbocycles. The van der Waals surface area contributed by atoms with Gasteiger partial charge in [0.25, 0.3) is 0 Å². The molecular formula is C13H12FN3O. The predicted octanol–water partition coefficient (Wildman–Crippen LogP) is 3.03. The Balaban J connectivity index is 2.16. The highest BCUT2D eigenvalue weighted by molar-refractivity contribution is 5.55. The molecule has 0 spiro atoms. The lowest BCUT2D eigenvalue weighted by Gasteiger charge is -1.97. The van der Waals surface area contributed by atoms with Crippen LogP contribution in [0.3, 0.4) is 0 Å². The van der Waals surface area contributed by atoms with E-state index in [0.29, 0.717) is 36.5 Å². The summed E-state index contributed by atoms with van der Waals surface area (Å²) in [5, 5.41) is 12.2. The van der Waals surface area contributed by atoms with Crippen LogP contribution in [0.15, 0.2) is 22.7 Å². The third-order valence-corrected chi connectivity index (χ3v) is 2.45. The lowest BCUT2D eigenvalue weighted by Crippen LogP contribution is -1.87. The van der Waals surface area contributed by atoms with Crippen molar-refractivity contribution in [1.82, 2.24) is 10.1 Å². The van der Waals surface area contributed by atoms with E-state index in [0.717, 1.165) is 5.56 Å². The number of aromatic nitrogens is 2. The summed E-state index contributed by atoms with van der Waals surface area (Å²) in [4.78, 5) is 4.18. The molecule has 1 heterocycles. The number of aryl methyl sites for hydroxylation is 2. The van der Waals surface area contributed by atoms with Crippen molar-refractivity contribution in [2.24, 2.45) is 0 Å². The number of benzene rings is 1. The first-order valence-electron chi connectivity index (χ1n) is 5.66. The molecule has 0 unspecified atom stereocenters. The van der Waals surface area contributed by atoms with E-state index < -0.39 is 0 Å². The Labute approximate surface area is 104 Å². The third kappa shape index (κ3) is 2.92. The van der Waals surface area contributed by atoms with Crippen molar-refractivity contribution >= 4 is 0 Å². The maximum absolute atomic E-state index is 13.2. The summed E-state index contributed by atoms with van der Waals surface area (Å²) >= 11 is 0. The van der Waals surface area contributed by atoms with Crippen LogP contribution in [0.1, 0.15) is 24.3 Å². The van der Waals surface area contributed by atoms with Gasteiger partial charge in [0.05, 0.1) is 6.07 Å². The van der Waals surface area contributed by atoms with Gasteiger partial charge in [-0.3, -0.25) is 0 Å². The standard InChI is InChI=1S/C13H12FN3O/c1-9-6-10(8-11(14)7-9)13-16-12(18-17-13)4-2-3-5-15/h6-8H,2-4H2,1H3. The molecule has 1 aromatic carbocycles. The molecule has 0 bridgehead atoms. The highest BCUT2D eigenvalue weighted by Gasteiger charge is 2.09. The Bertz CT molecular complexity index is 566. The van der Waals surface area contributed by atoms with E-state index in [1.54, 1.807) is 13.0 Å². The minimum atomic E-state index is -0.319. The van der Waals surface area contributed by atoms with Crippen LogP contribution in [-0.2, 0) is 6.42 Å². The van der Waals surface area contributed by atoms with Crippen LogP contribution in [0.2, 0.25) is 0 Å². The second-order valence-corrected chi connectivity index (χ2v) is 4.04. The largest absolute Gasteiger partial charge is 0.339 e. The molecule has 2 rings (SSSR count). The van der Waals surface area contributed by atoms with Gasteiger partial charge in [0.2, 0.25) is 11.7 Å². The Morgan fingerprint density at radius 3 is 2.94 bits per heavy atom. The van der Waals surface area contributed by atoms with E-state index in [9.17, 15) is 4.39 Å². The first kappa shape index (κ1) is 12.2. The van der Waals surface area contributed by atoms with E-state index in [1.165, 1.54) is 12.1 Å². The number of nitriles is 1. The van der Waals surface area contributed by atoms with Crippen molar-refractivity contribution in [2.45, 2.75) is 26.2 Å². The fraction of sp³-hybridized carbons (Fsp3) is 0.308. The average molecular weight is 245 g/mol. The number of hydrogen-bond acceptors (Lipinski definition) is 4. The minimum absolute atomic E-state index is 0.319. The van der Waals surface area contributed by atoms with Gasteiger partial charge in [-0.1, -0.05) is 5.16 Å². The van der Waals surface area contributed by atoms with Crippen LogP contribution in [-0.4, -0.2) is 10.1 Å². The Kier molecular flexibility index (Phi) is 3.68. The molecule has 0 saturated carbocycles. The SMILES string of the molecule is Cc1cc(F)cc(-c2noc(CCCC#N)n2)c1. The monoisotopic (exact) mass is 245 g/mol. The minimum Gasteiger partial charge on any atom is -0.339 e. The first-order valence-corrected chi connectivity index (χ1v) is 5.66. The molecule has 0 radical (unpaired) electrons. The molecule has 2 aromatic rings. The summed E-state index contributed by atoms with van der Waals surface area (Å²) in [7, 11) is 0. The summed E-state index contributed by atoms with van der Waals surface area (Å²) in [6.45, 7) is 1.81. The molecule has 0 saturated heterocycles. The van der Waals surface area contributed by atoms with E-state index in [2.05, 4.69) is 16.2 Å². The molecule has 4 nitrogen and oxygen atoms in total. The van der Waals surface area contributed by atoms with Gasteiger partial charge in [0.1, 0.15) is 5.82 Å². The van der Waals surface area contributed by atoms with Crippen molar-refractivity contribution in [3.8, 4) is 17.5 Å². The predicted molar refractivity (Wildman–Crippen MR) is 63.0 cm³/mol. The smallest absolute Gasteiger partial charge is 0.226 e. The number of rotatable bonds is 4. The van der Waals surface area contributed by atoms with Crippen molar-refractivity contribution in [3.63, 3.8) is 0 Å². The van der Waals surface area contributed by atoms with Crippen molar-refractivity contribution < 1.29 is 8.91 Å². The summed E-state index contributed by atoms with van der Waals surface area (Å²) in [6, 6.07) is 6.66. The summed E-state index contributed by atoms with van der Waals surface area (Å²) in [5.41, 5.74) is 1.41. The molecule has 5 heteroatoms. The van der Waals surface area contributed by atoms with Gasteiger partial charge in [-0.05, 0) is 37.1 Å². The maximum Gasteiger partial charge on any atom is 0.226 e. The van der Waals surface area contributed by atoms with Crippen LogP contribution in [0, 0.1) is 24.1 Å². The van der Waals surface area contributed by atoms with Crippen LogP contribution < -0.4 is 0 Å². The van der Waals surface area contributed by atoms with Crippen LogP contribution in [0.4, 0.5) is 4.39 Å². The molecule has 92 valence electrons. The van der Waals surface area contributed by atoms with Gasteiger partial charge >= 0.3 is 0 Å². The van der Waals surface area contributed by atoms with Crippen LogP contribution in [0.25, 0.3) is 11.4 Å². The number of unbranched alkanes of at least 4 members (excludes halogenated alkanes) is 1. The molecule has 0 atom stereocenters.